The molecule has 0 bridgehead atoms. The average Bonchev–Trinajstić information content (AvgIpc) is 2.89. The normalized spacial score (nSPS) is 17.7. The van der Waals surface area contributed by atoms with Crippen molar-refractivity contribution < 1.29 is 44.9 Å². The van der Waals surface area contributed by atoms with E-state index in [9.17, 15) is 30.7 Å². The minimum atomic E-state index is -4.61. The second kappa shape index (κ2) is 12.3. The highest BCUT2D eigenvalue weighted by Crippen LogP contribution is 2.39. The molecule has 1 saturated heterocycles. The van der Waals surface area contributed by atoms with Crippen LogP contribution in [0.3, 0.4) is 0 Å². The Labute approximate surface area is 221 Å². The number of hydrogen-bond acceptors (Lipinski definition) is 3. The lowest BCUT2D eigenvalue weighted by atomic mass is 9.92. The van der Waals surface area contributed by atoms with Gasteiger partial charge in [-0.1, -0.05) is 37.6 Å². The van der Waals surface area contributed by atoms with Gasteiger partial charge in [0.15, 0.2) is 17.4 Å². The van der Waals surface area contributed by atoms with Crippen molar-refractivity contribution in [3.63, 3.8) is 0 Å². The van der Waals surface area contributed by atoms with Gasteiger partial charge >= 0.3 is 6.11 Å². The van der Waals surface area contributed by atoms with Gasteiger partial charge in [0.05, 0.1) is 26.0 Å². The van der Waals surface area contributed by atoms with E-state index in [2.05, 4.69) is 11.7 Å². The third-order valence-corrected chi connectivity index (χ3v) is 6.64. The lowest BCUT2D eigenvalue weighted by Gasteiger charge is -2.28. The molecule has 1 aliphatic heterocycles. The van der Waals surface area contributed by atoms with E-state index in [1.165, 1.54) is 0 Å². The molecule has 210 valence electrons. The molecule has 3 nitrogen and oxygen atoms in total. The second-order valence-electron chi connectivity index (χ2n) is 9.34. The number of ether oxygens (including phenoxy) is 3. The molecule has 0 saturated carbocycles. The van der Waals surface area contributed by atoms with Crippen molar-refractivity contribution >= 4 is 0 Å². The van der Waals surface area contributed by atoms with Gasteiger partial charge < -0.3 is 14.2 Å². The third kappa shape index (κ3) is 6.66. The quantitative estimate of drug-likeness (QED) is 0.185. The first kappa shape index (κ1) is 28.7. The van der Waals surface area contributed by atoms with Gasteiger partial charge in [-0.3, -0.25) is 4.39 Å². The Morgan fingerprint density at radius 1 is 0.872 bits per heavy atom. The van der Waals surface area contributed by atoms with Crippen molar-refractivity contribution in [3.8, 4) is 22.6 Å². The summed E-state index contributed by atoms with van der Waals surface area (Å²) in [5.74, 6) is -7.42. The molecule has 10 heteroatoms. The van der Waals surface area contributed by atoms with Crippen LogP contribution in [0.5, 0.6) is 11.5 Å². The molecule has 0 radical (unpaired) electrons. The Balaban J connectivity index is 1.51. The summed E-state index contributed by atoms with van der Waals surface area (Å²) in [6.07, 6.45) is -1.90. The predicted octanol–water partition coefficient (Wildman–Crippen LogP) is 8.65. The zero-order valence-electron chi connectivity index (χ0n) is 21.1. The van der Waals surface area contributed by atoms with Crippen LogP contribution in [0.15, 0.2) is 48.5 Å². The molecule has 39 heavy (non-hydrogen) atoms. The van der Waals surface area contributed by atoms with Crippen LogP contribution in [-0.2, 0) is 10.8 Å². The Kier molecular flexibility index (Phi) is 9.04. The molecular weight excluding hydrogens is 529 g/mol. The summed E-state index contributed by atoms with van der Waals surface area (Å²) in [5.41, 5.74) is -0.405. The SMILES string of the molecule is CCC1CCC(c2ccc(-c3cc(F)c(C(F)(F)Oc4cc(F)c(OCCCF)c(F)c4)c(F)c3)cc2)OC1. The maximum atomic E-state index is 14.8. The molecule has 0 amide bonds. The molecular formula is C29H27F7O3. The molecule has 1 fully saturated rings. The Morgan fingerprint density at radius 3 is 2.05 bits per heavy atom. The topological polar surface area (TPSA) is 27.7 Å². The molecule has 0 aliphatic carbocycles. The lowest BCUT2D eigenvalue weighted by Crippen LogP contribution is -2.25. The summed E-state index contributed by atoms with van der Waals surface area (Å²) in [6, 6.07) is 9.00. The molecule has 1 heterocycles. The van der Waals surface area contributed by atoms with Gasteiger partial charge in [-0.05, 0) is 47.6 Å². The van der Waals surface area contributed by atoms with Crippen LogP contribution < -0.4 is 9.47 Å². The van der Waals surface area contributed by atoms with E-state index in [1.807, 2.05) is 0 Å². The average molecular weight is 557 g/mol. The molecule has 2 unspecified atom stereocenters. The molecule has 1 aliphatic rings. The first-order valence-electron chi connectivity index (χ1n) is 12.6. The van der Waals surface area contributed by atoms with Crippen molar-refractivity contribution in [1.29, 1.82) is 0 Å². The van der Waals surface area contributed by atoms with E-state index >= 15 is 0 Å². The zero-order chi connectivity index (χ0) is 28.2. The highest BCUT2D eigenvalue weighted by molar-refractivity contribution is 5.64. The van der Waals surface area contributed by atoms with E-state index < -0.39 is 53.1 Å². The van der Waals surface area contributed by atoms with Crippen LogP contribution in [0.4, 0.5) is 30.7 Å². The van der Waals surface area contributed by atoms with Crippen LogP contribution in [0.2, 0.25) is 0 Å². The predicted molar refractivity (Wildman–Crippen MR) is 130 cm³/mol. The number of hydrogen-bond donors (Lipinski definition) is 0. The summed E-state index contributed by atoms with van der Waals surface area (Å²) >= 11 is 0. The van der Waals surface area contributed by atoms with E-state index in [-0.39, 0.29) is 24.7 Å². The summed E-state index contributed by atoms with van der Waals surface area (Å²) in [4.78, 5) is 0. The summed E-state index contributed by atoms with van der Waals surface area (Å²) in [7, 11) is 0. The standard InChI is InChI=1S/C29H27F7O3/c1-2-17-4-9-26(38-16-17)19-7-5-18(6-8-19)20-12-22(31)27(23(32)13-20)29(35,36)39-21-14-24(33)28(25(34)15-21)37-11-3-10-30/h5-8,12-15,17,26H,2-4,9-11,16H2,1H3. The van der Waals surface area contributed by atoms with Crippen LogP contribution in [0.25, 0.3) is 11.1 Å². The minimum absolute atomic E-state index is 0.0126. The largest absolute Gasteiger partial charge is 0.488 e. The number of halogens is 7. The van der Waals surface area contributed by atoms with Crippen LogP contribution >= 0.6 is 0 Å². The Hall–Kier alpha value is -3.27. The molecule has 2 atom stereocenters. The maximum Gasteiger partial charge on any atom is 0.432 e. The summed E-state index contributed by atoms with van der Waals surface area (Å²) in [6.45, 7) is 1.64. The molecule has 4 rings (SSSR count). The van der Waals surface area contributed by atoms with Gasteiger partial charge in [0.1, 0.15) is 22.9 Å². The van der Waals surface area contributed by atoms with Gasteiger partial charge in [0, 0.05) is 18.6 Å². The summed E-state index contributed by atoms with van der Waals surface area (Å²) in [5, 5.41) is 0. The number of benzene rings is 3. The van der Waals surface area contributed by atoms with E-state index in [0.717, 1.165) is 37.0 Å². The van der Waals surface area contributed by atoms with Gasteiger partial charge in [0.2, 0.25) is 0 Å². The first-order chi connectivity index (χ1) is 18.6. The number of alkyl halides is 3. The maximum absolute atomic E-state index is 14.8. The van der Waals surface area contributed by atoms with Crippen molar-refractivity contribution in [2.45, 2.75) is 44.8 Å². The third-order valence-electron chi connectivity index (χ3n) is 6.64. The Bertz CT molecular complexity index is 1230. The Morgan fingerprint density at radius 2 is 1.51 bits per heavy atom. The zero-order valence-corrected chi connectivity index (χ0v) is 21.1. The van der Waals surface area contributed by atoms with E-state index in [1.54, 1.807) is 24.3 Å². The van der Waals surface area contributed by atoms with Crippen molar-refractivity contribution in [1.82, 2.24) is 0 Å². The molecule has 0 spiro atoms. The molecule has 0 N–H and O–H groups in total. The van der Waals surface area contributed by atoms with Crippen LogP contribution in [-0.4, -0.2) is 19.9 Å². The van der Waals surface area contributed by atoms with Gasteiger partial charge in [-0.15, -0.1) is 0 Å². The highest BCUT2D eigenvalue weighted by atomic mass is 19.3. The van der Waals surface area contributed by atoms with E-state index in [4.69, 9.17) is 9.47 Å². The lowest BCUT2D eigenvalue weighted by molar-refractivity contribution is -0.189. The van der Waals surface area contributed by atoms with Crippen molar-refractivity contribution in [2.24, 2.45) is 5.92 Å². The smallest absolute Gasteiger partial charge is 0.432 e. The summed E-state index contributed by atoms with van der Waals surface area (Å²) < 4.78 is 115. The second-order valence-corrected chi connectivity index (χ2v) is 9.34. The molecule has 3 aromatic rings. The monoisotopic (exact) mass is 556 g/mol. The minimum Gasteiger partial charge on any atom is -0.488 e. The molecule has 0 aromatic heterocycles. The van der Waals surface area contributed by atoms with E-state index in [0.29, 0.717) is 30.2 Å². The fourth-order valence-electron chi connectivity index (χ4n) is 4.46. The van der Waals surface area contributed by atoms with Crippen molar-refractivity contribution in [3.05, 3.63) is 82.9 Å². The van der Waals surface area contributed by atoms with Gasteiger partial charge in [-0.2, -0.15) is 8.78 Å². The molecule has 3 aromatic carbocycles. The van der Waals surface area contributed by atoms with Gasteiger partial charge in [0.25, 0.3) is 0 Å². The van der Waals surface area contributed by atoms with Crippen molar-refractivity contribution in [2.75, 3.05) is 19.9 Å². The highest BCUT2D eigenvalue weighted by Gasteiger charge is 2.41. The fourth-order valence-corrected chi connectivity index (χ4v) is 4.46. The fraction of sp³-hybridized carbons (Fsp3) is 0.379. The van der Waals surface area contributed by atoms with Crippen LogP contribution in [0.1, 0.15) is 49.8 Å². The van der Waals surface area contributed by atoms with Crippen LogP contribution in [0, 0.1) is 29.2 Å². The number of rotatable bonds is 10. The first-order valence-corrected chi connectivity index (χ1v) is 12.6. The van der Waals surface area contributed by atoms with Gasteiger partial charge in [-0.25, -0.2) is 17.6 Å².